The fourth-order valence-corrected chi connectivity index (χ4v) is 5.32. The summed E-state index contributed by atoms with van der Waals surface area (Å²) in [6, 6.07) is 17.1. The quantitative estimate of drug-likeness (QED) is 0.409. The van der Waals surface area contributed by atoms with Crippen LogP contribution in [0.15, 0.2) is 36.4 Å². The summed E-state index contributed by atoms with van der Waals surface area (Å²) in [6.45, 7) is 12.1. The Balaban J connectivity index is 0.00000168. The number of piperidine rings is 2. The van der Waals surface area contributed by atoms with Crippen LogP contribution in [0, 0.1) is 18.0 Å². The van der Waals surface area contributed by atoms with Gasteiger partial charge in [0.25, 0.3) is 0 Å². The number of hydrogen-bond donors (Lipinski definition) is 0. The molecule has 2 aliphatic heterocycles. The van der Waals surface area contributed by atoms with Crippen LogP contribution in [0.5, 0.6) is 0 Å². The van der Waals surface area contributed by atoms with Gasteiger partial charge in [-0.2, -0.15) is 12.1 Å². The fourth-order valence-electron chi connectivity index (χ4n) is 5.32. The Morgan fingerprint density at radius 1 is 0.923 bits per heavy atom. The Morgan fingerprint density at radius 3 is 2.35 bits per heavy atom. The smallest absolute Gasteiger partial charge is 0.187 e. The molecule has 1 radical (unpaired) electrons. The summed E-state index contributed by atoms with van der Waals surface area (Å²) in [5.41, 5.74) is 7.59. The molecule has 2 heterocycles. The Hall–Kier alpha value is -1.24. The second-order valence-electron chi connectivity index (χ2n) is 9.47. The summed E-state index contributed by atoms with van der Waals surface area (Å²) in [5, 5.41) is 0. The van der Waals surface area contributed by atoms with Gasteiger partial charge in [-0.3, -0.25) is 0 Å². The molecule has 0 amide bonds. The third-order valence-corrected chi connectivity index (χ3v) is 7.25. The molecule has 2 aliphatic carbocycles. The molecule has 0 N–H and O–H groups in total. The van der Waals surface area contributed by atoms with E-state index in [1.165, 1.54) is 53.6 Å². The maximum absolute atomic E-state index is 3.64. The summed E-state index contributed by atoms with van der Waals surface area (Å²) in [5.74, 6) is 0. The van der Waals surface area contributed by atoms with Crippen molar-refractivity contribution in [2.24, 2.45) is 5.41 Å². The molecule has 0 aromatic heterocycles. The first-order valence-electron chi connectivity index (χ1n) is 9.64. The minimum absolute atomic E-state index is 0. The molecular formula is C24H27IrN. The zero-order chi connectivity index (χ0) is 17.4. The largest absolute Gasteiger partial charge is 0.233 e. The summed E-state index contributed by atoms with van der Waals surface area (Å²) in [6.07, 6.45) is 5.22. The van der Waals surface area contributed by atoms with E-state index in [0.717, 1.165) is 0 Å². The van der Waals surface area contributed by atoms with Crippen LogP contribution in [0.4, 0.5) is 5.69 Å². The number of rotatable bonds is 1. The van der Waals surface area contributed by atoms with Crippen molar-refractivity contribution in [3.63, 3.8) is 0 Å². The van der Waals surface area contributed by atoms with Crippen molar-refractivity contribution in [1.29, 1.82) is 0 Å². The van der Waals surface area contributed by atoms with Gasteiger partial charge in [0.15, 0.2) is 6.54 Å². The van der Waals surface area contributed by atoms with E-state index in [4.69, 9.17) is 0 Å². The standard InChI is InChI=1S/C24H27N.Ir/c1-22(2)20-8-6-5-7-18(20)19-10-9-17(15-21(19)22)25-16-23(3)11-13-24(25,4)14-12-23;/h5-8,10,15-16H,11-14H2,1-4H3;. The molecule has 6 rings (SSSR count). The van der Waals surface area contributed by atoms with Gasteiger partial charge in [0.05, 0.1) is 5.54 Å². The molecule has 0 unspecified atom stereocenters. The summed E-state index contributed by atoms with van der Waals surface area (Å²) in [7, 11) is 0. The molecule has 4 aliphatic rings. The van der Waals surface area contributed by atoms with E-state index in [9.17, 15) is 0 Å². The van der Waals surface area contributed by atoms with Crippen molar-refractivity contribution in [2.45, 2.75) is 64.3 Å². The predicted molar refractivity (Wildman–Crippen MR) is 105 cm³/mol. The van der Waals surface area contributed by atoms with Crippen LogP contribution in [0.25, 0.3) is 11.1 Å². The maximum atomic E-state index is 3.64. The number of hydrogen-bond acceptors (Lipinski definition) is 1. The molecule has 0 atom stereocenters. The van der Waals surface area contributed by atoms with Gasteiger partial charge in [0.1, 0.15) is 5.41 Å². The van der Waals surface area contributed by atoms with E-state index < -0.39 is 0 Å². The number of anilines is 1. The minimum Gasteiger partial charge on any atom is -0.233 e. The van der Waals surface area contributed by atoms with Crippen LogP contribution in [0.1, 0.15) is 64.5 Å². The van der Waals surface area contributed by atoms with Gasteiger partial charge in [-0.25, -0.2) is 4.90 Å². The Kier molecular flexibility index (Phi) is 3.93. The van der Waals surface area contributed by atoms with Gasteiger partial charge in [-0.1, -0.05) is 43.7 Å². The van der Waals surface area contributed by atoms with Crippen LogP contribution >= 0.6 is 0 Å². The molecule has 2 bridgehead atoms. The van der Waals surface area contributed by atoms with Crippen molar-refractivity contribution in [2.75, 3.05) is 4.90 Å². The third kappa shape index (κ3) is 2.35. The van der Waals surface area contributed by atoms with Crippen molar-refractivity contribution >= 4 is 5.69 Å². The van der Waals surface area contributed by atoms with Crippen LogP contribution in [-0.2, 0) is 25.5 Å². The van der Waals surface area contributed by atoms with Gasteiger partial charge in [0.2, 0.25) is 0 Å². The molecular weight excluding hydrogens is 494 g/mol. The van der Waals surface area contributed by atoms with Crippen LogP contribution in [-0.4, -0.2) is 5.54 Å². The summed E-state index contributed by atoms with van der Waals surface area (Å²) >= 11 is 0. The number of benzene rings is 2. The van der Waals surface area contributed by atoms with Gasteiger partial charge in [0, 0.05) is 20.1 Å². The molecule has 2 heteroatoms. The molecule has 1 saturated carbocycles. The predicted octanol–water partition coefficient (Wildman–Crippen LogP) is 6.11. The second kappa shape index (κ2) is 5.63. The van der Waals surface area contributed by atoms with Crippen LogP contribution < -0.4 is 4.90 Å². The van der Waals surface area contributed by atoms with Crippen molar-refractivity contribution in [3.05, 3.63) is 60.1 Å². The second-order valence-corrected chi connectivity index (χ2v) is 9.47. The molecule has 1 nitrogen and oxygen atoms in total. The van der Waals surface area contributed by atoms with E-state index in [1.807, 2.05) is 0 Å². The van der Waals surface area contributed by atoms with Crippen LogP contribution in [0.2, 0.25) is 0 Å². The third-order valence-electron chi connectivity index (χ3n) is 7.25. The Morgan fingerprint density at radius 2 is 1.62 bits per heavy atom. The van der Waals surface area contributed by atoms with E-state index in [-0.39, 0.29) is 31.1 Å². The van der Waals surface area contributed by atoms with E-state index in [0.29, 0.717) is 5.41 Å². The molecule has 2 saturated heterocycles. The van der Waals surface area contributed by atoms with Gasteiger partial charge in [-0.15, -0.1) is 17.2 Å². The molecule has 0 spiro atoms. The maximum Gasteiger partial charge on any atom is 0.187 e. The van der Waals surface area contributed by atoms with Crippen molar-refractivity contribution in [1.82, 2.24) is 0 Å². The number of fused-ring (bicyclic) bond motifs is 6. The van der Waals surface area contributed by atoms with Crippen LogP contribution in [0.3, 0.4) is 0 Å². The first-order chi connectivity index (χ1) is 11.8. The Bertz CT molecular complexity index is 858. The van der Waals surface area contributed by atoms with Crippen molar-refractivity contribution in [3.8, 4) is 11.1 Å². The normalized spacial score (nSPS) is 30.2. The first-order valence-corrected chi connectivity index (χ1v) is 9.64. The average molecular weight is 522 g/mol. The summed E-state index contributed by atoms with van der Waals surface area (Å²) < 4.78 is 0. The van der Waals surface area contributed by atoms with Gasteiger partial charge < -0.3 is 0 Å². The molecule has 137 valence electrons. The fraction of sp³-hybridized carbons (Fsp3) is 0.458. The molecule has 2 aromatic rings. The topological polar surface area (TPSA) is 3.24 Å². The SMILES string of the molecule is CC12[CH+]N(c3[c-]cc4c(c3)C(C)(C)c3ccccc3-4)C(C)(CC1)CC2.[Ir]. The van der Waals surface area contributed by atoms with Crippen molar-refractivity contribution < 1.29 is 20.1 Å². The van der Waals surface area contributed by atoms with E-state index in [2.05, 4.69) is 81.6 Å². The van der Waals surface area contributed by atoms with Gasteiger partial charge in [-0.05, 0) is 56.2 Å². The average Bonchev–Trinajstić information content (AvgIpc) is 2.84. The zero-order valence-corrected chi connectivity index (χ0v) is 18.5. The molecule has 26 heavy (non-hydrogen) atoms. The van der Waals surface area contributed by atoms with E-state index >= 15 is 0 Å². The zero-order valence-electron chi connectivity index (χ0n) is 16.2. The monoisotopic (exact) mass is 522 g/mol. The number of nitrogens with zero attached hydrogens (tertiary/aromatic N) is 1. The molecule has 2 aromatic carbocycles. The van der Waals surface area contributed by atoms with Gasteiger partial charge >= 0.3 is 0 Å². The Labute approximate surface area is 171 Å². The summed E-state index contributed by atoms with van der Waals surface area (Å²) in [4.78, 5) is 2.55. The minimum atomic E-state index is 0. The van der Waals surface area contributed by atoms with E-state index in [1.54, 1.807) is 0 Å². The molecule has 3 fully saturated rings. The first kappa shape index (κ1) is 18.1.